The van der Waals surface area contributed by atoms with Gasteiger partial charge in [-0.05, 0) is 63.1 Å². The summed E-state index contributed by atoms with van der Waals surface area (Å²) in [5.41, 5.74) is 4.06. The molecule has 2 aromatic carbocycles. The first-order valence-electron chi connectivity index (χ1n) is 11.9. The molecule has 0 amide bonds. The quantitative estimate of drug-likeness (QED) is 0.320. The summed E-state index contributed by atoms with van der Waals surface area (Å²) in [7, 11) is 0. The molecule has 0 aliphatic heterocycles. The van der Waals surface area contributed by atoms with Crippen molar-refractivity contribution in [3.63, 3.8) is 0 Å². The number of esters is 1. The number of ether oxygens (including phenoxy) is 1. The van der Waals surface area contributed by atoms with Crippen molar-refractivity contribution < 1.29 is 9.53 Å². The molecule has 0 aliphatic carbocycles. The largest absolute Gasteiger partial charge is 0.462 e. The summed E-state index contributed by atoms with van der Waals surface area (Å²) in [5.74, 6) is 0.266. The van der Waals surface area contributed by atoms with E-state index in [1.165, 1.54) is 0 Å². The van der Waals surface area contributed by atoms with Gasteiger partial charge in [0.25, 0.3) is 5.56 Å². The Hall–Kier alpha value is -4.07. The monoisotopic (exact) mass is 469 g/mol. The topological polar surface area (TPSA) is 91.9 Å². The van der Waals surface area contributed by atoms with Crippen LogP contribution in [-0.2, 0) is 4.74 Å². The van der Waals surface area contributed by atoms with Crippen LogP contribution in [0.4, 0.5) is 0 Å². The normalized spacial score (nSPS) is 12.5. The molecule has 1 atom stereocenters. The Morgan fingerprint density at radius 3 is 2.31 bits per heavy atom. The number of carbonyl (C=O) groups is 1. The van der Waals surface area contributed by atoms with Gasteiger partial charge < -0.3 is 4.74 Å². The van der Waals surface area contributed by atoms with Crippen LogP contribution in [0, 0.1) is 6.92 Å². The van der Waals surface area contributed by atoms with Gasteiger partial charge in [-0.3, -0.25) is 13.9 Å². The Bertz CT molecular complexity index is 1630. The number of aromatic nitrogens is 5. The maximum Gasteiger partial charge on any atom is 0.338 e. The van der Waals surface area contributed by atoms with E-state index in [0.29, 0.717) is 45.7 Å². The summed E-state index contributed by atoms with van der Waals surface area (Å²) in [6, 6.07) is 14.6. The van der Waals surface area contributed by atoms with E-state index < -0.39 is 0 Å². The predicted molar refractivity (Wildman–Crippen MR) is 136 cm³/mol. The third-order valence-corrected chi connectivity index (χ3v) is 6.32. The molecule has 0 radical (unpaired) electrons. The fourth-order valence-corrected chi connectivity index (χ4v) is 4.38. The SMILES string of the molecule is CCCOC(=O)c1ccc(-n2c3nc4ccccc4nc3c3c(=O)n(C(C)CC)c(C)nc32)cc1. The summed E-state index contributed by atoms with van der Waals surface area (Å²) in [6.45, 7) is 8.23. The van der Waals surface area contributed by atoms with Crippen LogP contribution in [0.3, 0.4) is 0 Å². The third-order valence-electron chi connectivity index (χ3n) is 6.32. The number of hydrogen-bond donors (Lipinski definition) is 0. The molecule has 178 valence electrons. The van der Waals surface area contributed by atoms with E-state index >= 15 is 0 Å². The van der Waals surface area contributed by atoms with Gasteiger partial charge in [-0.15, -0.1) is 0 Å². The highest BCUT2D eigenvalue weighted by atomic mass is 16.5. The lowest BCUT2D eigenvalue weighted by molar-refractivity contribution is 0.0505. The molecule has 0 saturated heterocycles. The highest BCUT2D eigenvalue weighted by Crippen LogP contribution is 2.29. The van der Waals surface area contributed by atoms with Gasteiger partial charge in [0.2, 0.25) is 0 Å². The van der Waals surface area contributed by atoms with Crippen molar-refractivity contribution in [2.45, 2.75) is 46.6 Å². The Labute approximate surface area is 202 Å². The van der Waals surface area contributed by atoms with Crippen molar-refractivity contribution >= 4 is 39.2 Å². The van der Waals surface area contributed by atoms with E-state index in [1.807, 2.05) is 68.7 Å². The summed E-state index contributed by atoms with van der Waals surface area (Å²) in [6.07, 6.45) is 1.56. The minimum Gasteiger partial charge on any atom is -0.462 e. The van der Waals surface area contributed by atoms with E-state index in [1.54, 1.807) is 16.7 Å². The molecule has 3 aromatic heterocycles. The number of carbonyl (C=O) groups excluding carboxylic acids is 1. The van der Waals surface area contributed by atoms with Crippen LogP contribution in [0.15, 0.2) is 53.3 Å². The van der Waals surface area contributed by atoms with E-state index in [2.05, 4.69) is 0 Å². The minimum atomic E-state index is -0.364. The molecule has 5 rings (SSSR count). The highest BCUT2D eigenvalue weighted by Gasteiger charge is 2.23. The average Bonchev–Trinajstić information content (AvgIpc) is 3.18. The van der Waals surface area contributed by atoms with Crippen molar-refractivity contribution in [1.29, 1.82) is 0 Å². The maximum absolute atomic E-state index is 13.8. The second-order valence-corrected chi connectivity index (χ2v) is 8.69. The van der Waals surface area contributed by atoms with Crippen LogP contribution in [0.25, 0.3) is 38.9 Å². The summed E-state index contributed by atoms with van der Waals surface area (Å²) < 4.78 is 8.83. The number of aryl methyl sites for hydroxylation is 1. The van der Waals surface area contributed by atoms with Crippen LogP contribution in [0.1, 0.15) is 55.8 Å². The van der Waals surface area contributed by atoms with Crippen molar-refractivity contribution in [2.75, 3.05) is 6.61 Å². The zero-order chi connectivity index (χ0) is 24.7. The molecule has 3 heterocycles. The lowest BCUT2D eigenvalue weighted by atomic mass is 10.2. The molecular weight excluding hydrogens is 442 g/mol. The summed E-state index contributed by atoms with van der Waals surface area (Å²) in [4.78, 5) is 40.6. The first-order valence-corrected chi connectivity index (χ1v) is 11.9. The van der Waals surface area contributed by atoms with Gasteiger partial charge in [0.1, 0.15) is 16.7 Å². The molecule has 0 spiro atoms. The Morgan fingerprint density at radius 2 is 1.66 bits per heavy atom. The zero-order valence-corrected chi connectivity index (χ0v) is 20.3. The van der Waals surface area contributed by atoms with Gasteiger partial charge in [0, 0.05) is 11.7 Å². The van der Waals surface area contributed by atoms with Gasteiger partial charge in [0.15, 0.2) is 11.3 Å². The Kier molecular flexibility index (Phi) is 5.80. The highest BCUT2D eigenvalue weighted by molar-refractivity contribution is 6.06. The lowest BCUT2D eigenvalue weighted by Gasteiger charge is -2.16. The van der Waals surface area contributed by atoms with Crippen molar-refractivity contribution in [1.82, 2.24) is 24.1 Å². The molecule has 5 aromatic rings. The number of nitrogens with zero attached hydrogens (tertiary/aromatic N) is 5. The van der Waals surface area contributed by atoms with Gasteiger partial charge in [0.05, 0.1) is 23.2 Å². The number of hydrogen-bond acceptors (Lipinski definition) is 6. The summed E-state index contributed by atoms with van der Waals surface area (Å²) in [5, 5.41) is 0.440. The Morgan fingerprint density at radius 1 is 0.971 bits per heavy atom. The van der Waals surface area contributed by atoms with Gasteiger partial charge >= 0.3 is 5.97 Å². The van der Waals surface area contributed by atoms with Crippen molar-refractivity contribution in [2.24, 2.45) is 0 Å². The minimum absolute atomic E-state index is 0.000341. The first-order chi connectivity index (χ1) is 16.9. The van der Waals surface area contributed by atoms with E-state index in [0.717, 1.165) is 24.0 Å². The van der Waals surface area contributed by atoms with Crippen molar-refractivity contribution in [3.05, 3.63) is 70.3 Å². The molecule has 0 saturated carbocycles. The zero-order valence-electron chi connectivity index (χ0n) is 20.3. The van der Waals surface area contributed by atoms with Crippen LogP contribution in [0.5, 0.6) is 0 Å². The number of benzene rings is 2. The maximum atomic E-state index is 13.8. The van der Waals surface area contributed by atoms with Gasteiger partial charge in [-0.2, -0.15) is 0 Å². The molecule has 0 aliphatic rings. The smallest absolute Gasteiger partial charge is 0.338 e. The molecule has 35 heavy (non-hydrogen) atoms. The van der Waals surface area contributed by atoms with Crippen molar-refractivity contribution in [3.8, 4) is 5.69 Å². The second-order valence-electron chi connectivity index (χ2n) is 8.69. The molecular formula is C27H27N5O3. The molecule has 1 unspecified atom stereocenters. The van der Waals surface area contributed by atoms with Gasteiger partial charge in [-0.1, -0.05) is 26.0 Å². The molecule has 0 bridgehead atoms. The molecule has 0 N–H and O–H groups in total. The molecule has 0 fully saturated rings. The second kappa shape index (κ2) is 8.94. The molecule has 8 heteroatoms. The fraction of sp³-hybridized carbons (Fsp3) is 0.296. The van der Waals surface area contributed by atoms with Gasteiger partial charge in [-0.25, -0.2) is 19.7 Å². The van der Waals surface area contributed by atoms with E-state index in [-0.39, 0.29) is 17.6 Å². The van der Waals surface area contributed by atoms with Crippen LogP contribution < -0.4 is 5.56 Å². The fourth-order valence-electron chi connectivity index (χ4n) is 4.38. The average molecular weight is 470 g/mol. The van der Waals surface area contributed by atoms with Crippen LogP contribution in [0.2, 0.25) is 0 Å². The number of rotatable bonds is 6. The Balaban J connectivity index is 1.81. The predicted octanol–water partition coefficient (Wildman–Crippen LogP) is 5.13. The number of para-hydroxylation sites is 2. The van der Waals surface area contributed by atoms with Crippen LogP contribution in [-0.4, -0.2) is 36.7 Å². The third kappa shape index (κ3) is 3.75. The first kappa shape index (κ1) is 22.7. The van der Waals surface area contributed by atoms with E-state index in [4.69, 9.17) is 19.7 Å². The lowest BCUT2D eigenvalue weighted by Crippen LogP contribution is -2.26. The standard InChI is InChI=1S/C27H27N5O3/c1-5-15-35-27(34)18-11-13-19(14-12-18)32-24-22(26(33)31(16(3)6-2)17(4)28-24)23-25(32)30-21-10-8-7-9-20(21)29-23/h7-14,16H,5-6,15H2,1-4H3. The number of fused-ring (bicyclic) bond motifs is 4. The molecule has 8 nitrogen and oxygen atoms in total. The summed E-state index contributed by atoms with van der Waals surface area (Å²) >= 11 is 0. The van der Waals surface area contributed by atoms with Crippen LogP contribution >= 0.6 is 0 Å². The van der Waals surface area contributed by atoms with E-state index in [9.17, 15) is 9.59 Å².